The SMILES string of the molecule is O/N=C(\Cl)c1cccc(F)c1Cl. The first kappa shape index (κ1) is 9.29. The molecule has 12 heavy (non-hydrogen) atoms. The molecular weight excluding hydrogens is 204 g/mol. The zero-order valence-electron chi connectivity index (χ0n) is 5.76. The van der Waals surface area contributed by atoms with Gasteiger partial charge in [0.1, 0.15) is 5.82 Å². The Morgan fingerprint density at radius 2 is 2.17 bits per heavy atom. The number of hydrogen-bond acceptors (Lipinski definition) is 2. The minimum atomic E-state index is -0.601. The van der Waals surface area contributed by atoms with Crippen LogP contribution >= 0.6 is 23.2 Å². The maximum Gasteiger partial charge on any atom is 0.176 e. The van der Waals surface area contributed by atoms with Gasteiger partial charge in [-0.2, -0.15) is 0 Å². The third kappa shape index (κ3) is 1.68. The molecule has 1 N–H and O–H groups in total. The van der Waals surface area contributed by atoms with Crippen LogP contribution < -0.4 is 0 Å². The quantitative estimate of drug-likeness (QED) is 0.429. The number of rotatable bonds is 1. The molecule has 0 radical (unpaired) electrons. The van der Waals surface area contributed by atoms with Crippen molar-refractivity contribution in [3.05, 3.63) is 34.6 Å². The van der Waals surface area contributed by atoms with Gasteiger partial charge in [-0.3, -0.25) is 0 Å². The number of nitrogens with zero attached hydrogens (tertiary/aromatic N) is 1. The highest BCUT2D eigenvalue weighted by atomic mass is 35.5. The molecule has 0 aromatic heterocycles. The van der Waals surface area contributed by atoms with E-state index in [0.29, 0.717) is 0 Å². The molecule has 0 aliphatic rings. The first-order chi connectivity index (χ1) is 5.66. The average Bonchev–Trinajstić information content (AvgIpc) is 2.08. The summed E-state index contributed by atoms with van der Waals surface area (Å²) in [6.45, 7) is 0. The molecule has 2 nitrogen and oxygen atoms in total. The molecule has 64 valence electrons. The van der Waals surface area contributed by atoms with Crippen LogP contribution in [-0.4, -0.2) is 10.4 Å². The predicted molar refractivity (Wildman–Crippen MR) is 45.6 cm³/mol. The Labute approximate surface area is 78.2 Å². The molecule has 1 aromatic carbocycles. The minimum Gasteiger partial charge on any atom is -0.410 e. The maximum atomic E-state index is 12.7. The smallest absolute Gasteiger partial charge is 0.176 e. The highest BCUT2D eigenvalue weighted by Crippen LogP contribution is 2.21. The van der Waals surface area contributed by atoms with Crippen LogP contribution in [0.3, 0.4) is 0 Å². The molecule has 0 aliphatic carbocycles. The molecule has 0 unspecified atom stereocenters. The number of benzene rings is 1. The fourth-order valence-electron chi connectivity index (χ4n) is 0.717. The summed E-state index contributed by atoms with van der Waals surface area (Å²) >= 11 is 10.9. The molecule has 0 fully saturated rings. The van der Waals surface area contributed by atoms with Crippen LogP contribution in [0.2, 0.25) is 5.02 Å². The summed E-state index contributed by atoms with van der Waals surface area (Å²) in [5, 5.41) is 10.6. The molecule has 0 saturated carbocycles. The summed E-state index contributed by atoms with van der Waals surface area (Å²) in [5.41, 5.74) is 0.167. The van der Waals surface area contributed by atoms with Crippen molar-refractivity contribution in [3.8, 4) is 0 Å². The van der Waals surface area contributed by atoms with Crippen molar-refractivity contribution in [2.75, 3.05) is 0 Å². The second-order valence-corrected chi connectivity index (χ2v) is 2.73. The van der Waals surface area contributed by atoms with E-state index in [1.54, 1.807) is 0 Å². The summed E-state index contributed by atoms with van der Waals surface area (Å²) in [6.07, 6.45) is 0. The summed E-state index contributed by atoms with van der Waals surface area (Å²) in [5.74, 6) is -0.601. The highest BCUT2D eigenvalue weighted by molar-refractivity contribution is 6.70. The van der Waals surface area contributed by atoms with Crippen LogP contribution in [0.5, 0.6) is 0 Å². The summed E-state index contributed by atoms with van der Waals surface area (Å²) in [7, 11) is 0. The Kier molecular flexibility index (Phi) is 2.89. The molecule has 0 saturated heterocycles. The van der Waals surface area contributed by atoms with Gasteiger partial charge in [0.05, 0.1) is 5.02 Å². The van der Waals surface area contributed by atoms with Crippen molar-refractivity contribution in [1.29, 1.82) is 0 Å². The van der Waals surface area contributed by atoms with Crippen LogP contribution in [0.1, 0.15) is 5.56 Å². The normalized spacial score (nSPS) is 11.8. The van der Waals surface area contributed by atoms with Gasteiger partial charge >= 0.3 is 0 Å². The molecule has 0 aliphatic heterocycles. The van der Waals surface area contributed by atoms with Gasteiger partial charge in [0.25, 0.3) is 0 Å². The van der Waals surface area contributed by atoms with Crippen LogP contribution in [0, 0.1) is 5.82 Å². The van der Waals surface area contributed by atoms with Crippen molar-refractivity contribution in [3.63, 3.8) is 0 Å². The molecule has 0 spiro atoms. The number of hydrogen-bond donors (Lipinski definition) is 1. The van der Waals surface area contributed by atoms with Gasteiger partial charge in [0.2, 0.25) is 0 Å². The highest BCUT2D eigenvalue weighted by Gasteiger charge is 2.09. The van der Waals surface area contributed by atoms with Crippen LogP contribution in [-0.2, 0) is 0 Å². The Hall–Kier alpha value is -0.800. The fourth-order valence-corrected chi connectivity index (χ4v) is 1.14. The zero-order chi connectivity index (χ0) is 9.14. The summed E-state index contributed by atoms with van der Waals surface area (Å²) in [6, 6.07) is 4.06. The Morgan fingerprint density at radius 1 is 1.50 bits per heavy atom. The zero-order valence-corrected chi connectivity index (χ0v) is 7.27. The molecule has 0 heterocycles. The molecule has 0 bridgehead atoms. The van der Waals surface area contributed by atoms with Crippen molar-refractivity contribution in [2.45, 2.75) is 0 Å². The Balaban J connectivity index is 3.26. The maximum absolute atomic E-state index is 12.7. The Bertz CT molecular complexity index is 327. The van der Waals surface area contributed by atoms with Crippen molar-refractivity contribution in [1.82, 2.24) is 0 Å². The molecular formula is C7H4Cl2FNO. The van der Waals surface area contributed by atoms with E-state index in [1.807, 2.05) is 0 Å². The lowest BCUT2D eigenvalue weighted by atomic mass is 10.2. The molecule has 1 aromatic rings. The lowest BCUT2D eigenvalue weighted by molar-refractivity contribution is 0.321. The van der Waals surface area contributed by atoms with Gasteiger partial charge < -0.3 is 5.21 Å². The van der Waals surface area contributed by atoms with Crippen molar-refractivity contribution >= 4 is 28.4 Å². The topological polar surface area (TPSA) is 32.6 Å². The molecule has 0 amide bonds. The van der Waals surface area contributed by atoms with Crippen LogP contribution in [0.15, 0.2) is 23.4 Å². The summed E-state index contributed by atoms with van der Waals surface area (Å²) in [4.78, 5) is 0. The largest absolute Gasteiger partial charge is 0.410 e. The van der Waals surface area contributed by atoms with Crippen LogP contribution in [0.25, 0.3) is 0 Å². The molecule has 1 rings (SSSR count). The monoisotopic (exact) mass is 207 g/mol. The molecule has 0 atom stereocenters. The predicted octanol–water partition coefficient (Wildman–Crippen LogP) is 2.85. The lowest BCUT2D eigenvalue weighted by Gasteiger charge is -1.99. The van der Waals surface area contributed by atoms with E-state index in [9.17, 15) is 4.39 Å². The van der Waals surface area contributed by atoms with Gasteiger partial charge in [-0.1, -0.05) is 40.5 Å². The number of halogens is 3. The van der Waals surface area contributed by atoms with Gasteiger partial charge in [-0.25, -0.2) is 4.39 Å². The molecule has 5 heteroatoms. The fraction of sp³-hybridized carbons (Fsp3) is 0. The minimum absolute atomic E-state index is 0.152. The van der Waals surface area contributed by atoms with E-state index >= 15 is 0 Å². The third-order valence-electron chi connectivity index (χ3n) is 1.26. The first-order valence-electron chi connectivity index (χ1n) is 2.98. The third-order valence-corrected chi connectivity index (χ3v) is 1.92. The van der Waals surface area contributed by atoms with E-state index in [4.69, 9.17) is 28.4 Å². The van der Waals surface area contributed by atoms with E-state index in [0.717, 1.165) is 0 Å². The van der Waals surface area contributed by atoms with Crippen LogP contribution in [0.4, 0.5) is 4.39 Å². The average molecular weight is 208 g/mol. The van der Waals surface area contributed by atoms with Gasteiger partial charge in [0.15, 0.2) is 5.17 Å². The van der Waals surface area contributed by atoms with Gasteiger partial charge in [-0.15, -0.1) is 0 Å². The lowest BCUT2D eigenvalue weighted by Crippen LogP contribution is -1.93. The van der Waals surface area contributed by atoms with E-state index in [-0.39, 0.29) is 15.8 Å². The second kappa shape index (κ2) is 3.74. The Morgan fingerprint density at radius 3 is 2.75 bits per heavy atom. The standard InChI is InChI=1S/C7H4Cl2FNO/c8-6-4(7(9)11-12)2-1-3-5(6)10/h1-3,12H/b11-7-. The number of oxime groups is 1. The van der Waals surface area contributed by atoms with Crippen molar-refractivity contribution < 1.29 is 9.60 Å². The first-order valence-corrected chi connectivity index (χ1v) is 3.74. The van der Waals surface area contributed by atoms with E-state index in [2.05, 4.69) is 5.16 Å². The van der Waals surface area contributed by atoms with Gasteiger partial charge in [0, 0.05) is 5.56 Å². The van der Waals surface area contributed by atoms with Crippen molar-refractivity contribution in [2.24, 2.45) is 5.16 Å². The summed E-state index contributed by atoms with van der Waals surface area (Å²) < 4.78 is 12.7. The second-order valence-electron chi connectivity index (χ2n) is 1.99. The van der Waals surface area contributed by atoms with Gasteiger partial charge in [-0.05, 0) is 6.07 Å². The van der Waals surface area contributed by atoms with E-state index in [1.165, 1.54) is 18.2 Å². The van der Waals surface area contributed by atoms with E-state index < -0.39 is 5.82 Å².